The predicted octanol–water partition coefficient (Wildman–Crippen LogP) is 3.33. The van der Waals surface area contributed by atoms with Crippen LogP contribution in [0.4, 0.5) is 5.69 Å². The summed E-state index contributed by atoms with van der Waals surface area (Å²) in [6.45, 7) is 0.146. The van der Waals surface area contributed by atoms with E-state index in [0.717, 1.165) is 5.56 Å². The molecule has 0 aliphatic rings. The number of hydrogen-bond acceptors (Lipinski definition) is 6. The van der Waals surface area contributed by atoms with Gasteiger partial charge in [-0.3, -0.25) is 0 Å². The number of hydrogen-bond donors (Lipinski definition) is 2. The van der Waals surface area contributed by atoms with Gasteiger partial charge in [-0.25, -0.2) is 4.99 Å². The van der Waals surface area contributed by atoms with Crippen LogP contribution in [0.15, 0.2) is 52.0 Å². The van der Waals surface area contributed by atoms with E-state index in [9.17, 15) is 0 Å². The van der Waals surface area contributed by atoms with Crippen molar-refractivity contribution >= 4 is 23.2 Å². The summed E-state index contributed by atoms with van der Waals surface area (Å²) in [5.41, 5.74) is 7.42. The molecule has 3 aromatic rings. The molecule has 1 aromatic heterocycles. The van der Waals surface area contributed by atoms with Crippen molar-refractivity contribution in [3.8, 4) is 22.9 Å². The van der Waals surface area contributed by atoms with Crippen molar-refractivity contribution in [3.05, 3.63) is 53.4 Å². The first-order valence-electron chi connectivity index (χ1n) is 7.96. The fourth-order valence-corrected chi connectivity index (χ4v) is 2.42. The number of halogens is 1. The van der Waals surface area contributed by atoms with Crippen LogP contribution in [-0.2, 0) is 6.54 Å². The quantitative estimate of drug-likeness (QED) is 0.493. The van der Waals surface area contributed by atoms with Crippen molar-refractivity contribution in [3.63, 3.8) is 0 Å². The molecule has 9 heteroatoms. The number of aromatic nitrogens is 2. The lowest BCUT2D eigenvalue weighted by atomic mass is 10.2. The Bertz CT molecular complexity index is 940. The number of anilines is 1. The Labute approximate surface area is 161 Å². The summed E-state index contributed by atoms with van der Waals surface area (Å²) in [4.78, 5) is 8.49. The van der Waals surface area contributed by atoms with Gasteiger partial charge in [0.15, 0.2) is 17.5 Å². The molecule has 0 bridgehead atoms. The standard InChI is InChI=1S/C18H18ClN5O3/c1-25-14-8-7-13(9-15(14)26-2)22-18(20)21-10-16-23-17(24-27-16)11-3-5-12(19)6-4-11/h3-9H,10H2,1-2H3,(H3,20,21,22). The third-order valence-corrected chi connectivity index (χ3v) is 3.86. The molecule has 140 valence electrons. The van der Waals surface area contributed by atoms with Crippen LogP contribution < -0.4 is 20.5 Å². The van der Waals surface area contributed by atoms with Crippen LogP contribution in [0.2, 0.25) is 5.02 Å². The van der Waals surface area contributed by atoms with Gasteiger partial charge in [-0.1, -0.05) is 16.8 Å². The Balaban J connectivity index is 1.65. The van der Waals surface area contributed by atoms with Gasteiger partial charge in [-0.05, 0) is 36.4 Å². The predicted molar refractivity (Wildman–Crippen MR) is 103 cm³/mol. The Hall–Kier alpha value is -3.26. The summed E-state index contributed by atoms with van der Waals surface area (Å²) in [7, 11) is 3.14. The zero-order valence-corrected chi connectivity index (χ0v) is 15.5. The first-order chi connectivity index (χ1) is 13.1. The molecule has 0 unspecified atom stereocenters. The zero-order chi connectivity index (χ0) is 19.2. The van der Waals surface area contributed by atoms with Crippen molar-refractivity contribution in [1.82, 2.24) is 10.1 Å². The number of rotatable bonds is 6. The maximum atomic E-state index is 5.91. The van der Waals surface area contributed by atoms with E-state index in [2.05, 4.69) is 20.4 Å². The molecule has 27 heavy (non-hydrogen) atoms. The Kier molecular flexibility index (Phi) is 5.77. The van der Waals surface area contributed by atoms with Crippen molar-refractivity contribution in [2.45, 2.75) is 6.54 Å². The Morgan fingerprint density at radius 3 is 2.59 bits per heavy atom. The number of methoxy groups -OCH3 is 2. The van der Waals surface area contributed by atoms with E-state index in [0.29, 0.717) is 33.9 Å². The van der Waals surface area contributed by atoms with Crippen molar-refractivity contribution in [2.75, 3.05) is 19.5 Å². The monoisotopic (exact) mass is 387 g/mol. The fourth-order valence-electron chi connectivity index (χ4n) is 2.29. The van der Waals surface area contributed by atoms with Gasteiger partial charge in [0.05, 0.1) is 14.2 Å². The second-order valence-electron chi connectivity index (χ2n) is 5.41. The maximum Gasteiger partial charge on any atom is 0.248 e. The third kappa shape index (κ3) is 4.68. The summed E-state index contributed by atoms with van der Waals surface area (Å²) in [6.07, 6.45) is 0. The highest BCUT2D eigenvalue weighted by atomic mass is 35.5. The number of guanidine groups is 1. The van der Waals surface area contributed by atoms with Gasteiger partial charge >= 0.3 is 0 Å². The fraction of sp³-hybridized carbons (Fsp3) is 0.167. The SMILES string of the molecule is COc1ccc(NC(N)=NCc2nc(-c3ccc(Cl)cc3)no2)cc1OC. The third-order valence-electron chi connectivity index (χ3n) is 3.61. The molecule has 0 fully saturated rings. The topological polar surface area (TPSA) is 108 Å². The van der Waals surface area contributed by atoms with Gasteiger partial charge in [0.1, 0.15) is 6.54 Å². The van der Waals surface area contributed by atoms with Crippen molar-refractivity contribution in [2.24, 2.45) is 10.7 Å². The largest absolute Gasteiger partial charge is 0.493 e. The summed E-state index contributed by atoms with van der Waals surface area (Å²) in [6, 6.07) is 12.5. The normalized spacial score (nSPS) is 11.3. The minimum atomic E-state index is 0.146. The molecule has 2 aromatic carbocycles. The number of ether oxygens (including phenoxy) is 2. The average molecular weight is 388 g/mol. The lowest BCUT2D eigenvalue weighted by Gasteiger charge is -2.10. The summed E-state index contributed by atoms with van der Waals surface area (Å²) >= 11 is 5.87. The highest BCUT2D eigenvalue weighted by Crippen LogP contribution is 2.29. The molecule has 0 amide bonds. The first kappa shape index (κ1) is 18.5. The van der Waals surface area contributed by atoms with E-state index in [1.165, 1.54) is 0 Å². The number of nitrogens with one attached hydrogen (secondary N) is 1. The molecule has 0 aliphatic heterocycles. The zero-order valence-electron chi connectivity index (χ0n) is 14.8. The molecular weight excluding hydrogens is 370 g/mol. The minimum absolute atomic E-state index is 0.146. The lowest BCUT2D eigenvalue weighted by Crippen LogP contribution is -2.22. The molecule has 0 saturated heterocycles. The van der Waals surface area contributed by atoms with Crippen LogP contribution in [0.3, 0.4) is 0 Å². The van der Waals surface area contributed by atoms with Crippen LogP contribution in [0.1, 0.15) is 5.89 Å². The van der Waals surface area contributed by atoms with E-state index in [1.807, 2.05) is 12.1 Å². The molecule has 0 spiro atoms. The smallest absolute Gasteiger partial charge is 0.248 e. The van der Waals surface area contributed by atoms with E-state index in [-0.39, 0.29) is 12.5 Å². The van der Waals surface area contributed by atoms with E-state index in [1.54, 1.807) is 44.6 Å². The van der Waals surface area contributed by atoms with Gasteiger partial charge < -0.3 is 25.0 Å². The number of nitrogens with two attached hydrogens (primary N) is 1. The molecular formula is C18H18ClN5O3. The molecule has 0 aliphatic carbocycles. The molecule has 3 N–H and O–H groups in total. The second-order valence-corrected chi connectivity index (χ2v) is 5.85. The van der Waals surface area contributed by atoms with Gasteiger partial charge in [0.25, 0.3) is 0 Å². The summed E-state index contributed by atoms with van der Waals surface area (Å²) in [5, 5.41) is 7.54. The molecule has 0 saturated carbocycles. The van der Waals surface area contributed by atoms with E-state index in [4.69, 9.17) is 31.3 Å². The van der Waals surface area contributed by atoms with Crippen LogP contribution in [0, 0.1) is 0 Å². The molecule has 8 nitrogen and oxygen atoms in total. The highest BCUT2D eigenvalue weighted by molar-refractivity contribution is 6.30. The maximum absolute atomic E-state index is 5.91. The van der Waals surface area contributed by atoms with Crippen LogP contribution in [0.5, 0.6) is 11.5 Å². The number of aliphatic imine (C=N–C) groups is 1. The number of nitrogens with zero attached hydrogens (tertiary/aromatic N) is 3. The number of benzene rings is 2. The molecule has 1 heterocycles. The Morgan fingerprint density at radius 1 is 1.15 bits per heavy atom. The Morgan fingerprint density at radius 2 is 1.89 bits per heavy atom. The highest BCUT2D eigenvalue weighted by Gasteiger charge is 2.09. The van der Waals surface area contributed by atoms with Crippen molar-refractivity contribution < 1.29 is 14.0 Å². The molecule has 3 rings (SSSR count). The van der Waals surface area contributed by atoms with Gasteiger partial charge in [0.2, 0.25) is 11.7 Å². The molecule has 0 radical (unpaired) electrons. The molecule has 0 atom stereocenters. The average Bonchev–Trinajstić information content (AvgIpc) is 3.16. The van der Waals surface area contributed by atoms with E-state index >= 15 is 0 Å². The second kappa shape index (κ2) is 8.41. The summed E-state index contributed by atoms with van der Waals surface area (Å²) < 4.78 is 15.6. The van der Waals surface area contributed by atoms with Gasteiger partial charge in [-0.15, -0.1) is 0 Å². The van der Waals surface area contributed by atoms with Gasteiger partial charge in [-0.2, -0.15) is 4.98 Å². The van der Waals surface area contributed by atoms with Crippen molar-refractivity contribution in [1.29, 1.82) is 0 Å². The minimum Gasteiger partial charge on any atom is -0.493 e. The van der Waals surface area contributed by atoms with Crippen LogP contribution in [0.25, 0.3) is 11.4 Å². The van der Waals surface area contributed by atoms with E-state index < -0.39 is 0 Å². The van der Waals surface area contributed by atoms with Crippen LogP contribution >= 0.6 is 11.6 Å². The lowest BCUT2D eigenvalue weighted by molar-refractivity contribution is 0.355. The summed E-state index contributed by atoms with van der Waals surface area (Å²) in [5.74, 6) is 2.22. The van der Waals surface area contributed by atoms with Gasteiger partial charge in [0, 0.05) is 22.3 Å². The first-order valence-corrected chi connectivity index (χ1v) is 8.34. The van der Waals surface area contributed by atoms with Crippen LogP contribution in [-0.4, -0.2) is 30.3 Å².